The number of nitrogens with zero attached hydrogens (tertiary/aromatic N) is 4. The van der Waals surface area contributed by atoms with Gasteiger partial charge in [0.1, 0.15) is 0 Å². The Morgan fingerprint density at radius 2 is 0.885 bits per heavy atom. The van der Waals surface area contributed by atoms with E-state index >= 15 is 0 Å². The molecular formula is C56H58N4Zn. The summed E-state index contributed by atoms with van der Waals surface area (Å²) in [5.41, 5.74) is 18.1. The summed E-state index contributed by atoms with van der Waals surface area (Å²) < 4.78 is 0. The van der Waals surface area contributed by atoms with Crippen molar-refractivity contribution in [2.24, 2.45) is 0 Å². The van der Waals surface area contributed by atoms with E-state index in [2.05, 4.69) is 211 Å². The number of aromatic nitrogens is 4. The Balaban J connectivity index is 0.00000561. The molecule has 0 radical (unpaired) electrons. The van der Waals surface area contributed by atoms with Gasteiger partial charge in [0, 0.05) is 0 Å². The van der Waals surface area contributed by atoms with Gasteiger partial charge in [-0.2, -0.15) is 0 Å². The molecule has 61 heavy (non-hydrogen) atoms. The molecular weight excluding hydrogens is 794 g/mol. The van der Waals surface area contributed by atoms with Crippen molar-refractivity contribution in [2.45, 2.75) is 105 Å². The van der Waals surface area contributed by atoms with Crippen LogP contribution in [-0.2, 0) is 41.1 Å². The van der Waals surface area contributed by atoms with Crippen LogP contribution in [0.15, 0.2) is 97.1 Å². The number of hydrogen-bond donors (Lipinski definition) is 0. The average molecular weight is 852 g/mol. The summed E-state index contributed by atoms with van der Waals surface area (Å²) in [7, 11) is 0. The SMILES string of the molecule is CC(C)(C)c1cc(-c2c3nc(c(/C=C/c4ccccc4)c4ccc([n-]4)c(-c4cc(C(C)(C)C)cc(C(C)(C)C)c4)c4nc(cc5ccc2[n-]5)C=C4)C=C3)cc(C(C)(C)C)c1.[Zn+2]. The third kappa shape index (κ3) is 9.29. The number of fused-ring (bicyclic) bond motifs is 8. The normalized spacial score (nSPS) is 13.2. The van der Waals surface area contributed by atoms with Crippen LogP contribution in [0.25, 0.3) is 80.8 Å². The molecule has 304 valence electrons. The quantitative estimate of drug-likeness (QED) is 0.166. The molecule has 2 aliphatic heterocycles. The monoisotopic (exact) mass is 850 g/mol. The van der Waals surface area contributed by atoms with Crippen LogP contribution < -0.4 is 9.97 Å². The minimum absolute atomic E-state index is 0. The summed E-state index contributed by atoms with van der Waals surface area (Å²) in [5, 5.41) is 0. The molecule has 3 aromatic carbocycles. The molecule has 0 spiro atoms. The standard InChI is InChI=1S/C56H58N4.Zn/c1-53(2,3)38-28-36(29-39(32-38)54(4,5)6)51-47-22-19-42(57-47)34-43-20-23-48(58-43)52(37-30-40(55(7,8)9)33-41(31-37)56(10,11)12)50-27-25-46(60-50)44(45-24-26-49(51)59-45)21-18-35-16-14-13-15-17-35;/h13-34H,1-12H3;/q-2;+2/b21-18+,42-34?,43-34?,45-44?,46-44?,51-47?,51-49?,52-48?,52-50?;. The number of rotatable bonds is 4. The maximum absolute atomic E-state index is 5.47. The molecule has 8 rings (SSSR count). The minimum atomic E-state index is -0.0539. The van der Waals surface area contributed by atoms with Gasteiger partial charge < -0.3 is 9.97 Å². The molecule has 6 aromatic rings. The summed E-state index contributed by atoms with van der Waals surface area (Å²) >= 11 is 0. The molecule has 0 saturated heterocycles. The Morgan fingerprint density at radius 3 is 1.43 bits per heavy atom. The van der Waals surface area contributed by atoms with E-state index in [0.29, 0.717) is 0 Å². The Kier molecular flexibility index (Phi) is 11.6. The van der Waals surface area contributed by atoms with Gasteiger partial charge in [-0.15, -0.1) is 22.1 Å². The molecule has 2 aliphatic rings. The minimum Gasteiger partial charge on any atom is -0.657 e. The fraction of sp³-hybridized carbons (Fsp3) is 0.286. The predicted octanol–water partition coefficient (Wildman–Crippen LogP) is 14.6. The van der Waals surface area contributed by atoms with E-state index in [0.717, 1.165) is 78.2 Å². The third-order valence-electron chi connectivity index (χ3n) is 11.6. The van der Waals surface area contributed by atoms with Gasteiger partial charge in [-0.25, -0.2) is 9.97 Å². The van der Waals surface area contributed by atoms with Gasteiger partial charge in [-0.3, -0.25) is 0 Å². The molecule has 0 fully saturated rings. The fourth-order valence-electron chi connectivity index (χ4n) is 7.83. The maximum atomic E-state index is 5.47. The fourth-order valence-corrected chi connectivity index (χ4v) is 7.83. The summed E-state index contributed by atoms with van der Waals surface area (Å²) in [6, 6.07) is 35.1. The van der Waals surface area contributed by atoms with E-state index in [9.17, 15) is 0 Å². The molecule has 3 aromatic heterocycles. The molecule has 0 saturated carbocycles. The molecule has 0 unspecified atom stereocenters. The van der Waals surface area contributed by atoms with Crippen molar-refractivity contribution in [2.75, 3.05) is 0 Å². The Morgan fingerprint density at radius 1 is 0.426 bits per heavy atom. The van der Waals surface area contributed by atoms with Crippen molar-refractivity contribution in [3.8, 4) is 22.3 Å². The van der Waals surface area contributed by atoms with Crippen LogP contribution in [0.2, 0.25) is 0 Å². The first-order valence-electron chi connectivity index (χ1n) is 21.3. The second kappa shape index (κ2) is 16.1. The van der Waals surface area contributed by atoms with Crippen molar-refractivity contribution in [1.29, 1.82) is 0 Å². The van der Waals surface area contributed by atoms with Crippen molar-refractivity contribution in [3.63, 3.8) is 0 Å². The van der Waals surface area contributed by atoms with Crippen LogP contribution in [0.4, 0.5) is 0 Å². The van der Waals surface area contributed by atoms with Gasteiger partial charge in [-0.05, 0) is 102 Å². The number of hydrogen-bond acceptors (Lipinski definition) is 2. The van der Waals surface area contributed by atoms with Gasteiger partial charge in [0.05, 0.1) is 22.8 Å². The van der Waals surface area contributed by atoms with Gasteiger partial charge >= 0.3 is 19.5 Å². The third-order valence-corrected chi connectivity index (χ3v) is 11.6. The van der Waals surface area contributed by atoms with Crippen molar-refractivity contribution in [1.82, 2.24) is 19.9 Å². The summed E-state index contributed by atoms with van der Waals surface area (Å²) in [4.78, 5) is 21.5. The van der Waals surface area contributed by atoms with E-state index < -0.39 is 0 Å². The smallest absolute Gasteiger partial charge is 0.657 e. The predicted molar refractivity (Wildman–Crippen MR) is 258 cm³/mol. The molecule has 0 amide bonds. The van der Waals surface area contributed by atoms with Gasteiger partial charge in [0.25, 0.3) is 0 Å². The van der Waals surface area contributed by atoms with Crippen LogP contribution in [-0.4, -0.2) is 9.97 Å². The van der Waals surface area contributed by atoms with Crippen molar-refractivity contribution >= 4 is 58.5 Å². The summed E-state index contributed by atoms with van der Waals surface area (Å²) in [6.07, 6.45) is 12.8. The first-order valence-corrected chi connectivity index (χ1v) is 21.3. The first-order chi connectivity index (χ1) is 28.2. The average Bonchev–Trinajstić information content (AvgIpc) is 4.01. The van der Waals surface area contributed by atoms with Crippen LogP contribution in [0.1, 0.15) is 139 Å². The summed E-state index contributed by atoms with van der Waals surface area (Å²) in [6.45, 7) is 27.4. The van der Waals surface area contributed by atoms with Gasteiger partial charge in [-0.1, -0.05) is 192 Å². The topological polar surface area (TPSA) is 54.0 Å². The zero-order chi connectivity index (χ0) is 42.8. The molecule has 0 N–H and O–H groups in total. The van der Waals surface area contributed by atoms with E-state index in [4.69, 9.17) is 19.9 Å². The van der Waals surface area contributed by atoms with E-state index in [1.54, 1.807) is 0 Å². The largest absolute Gasteiger partial charge is 2.00 e. The Bertz CT molecular complexity index is 2750. The van der Waals surface area contributed by atoms with Crippen LogP contribution in [0.3, 0.4) is 0 Å². The maximum Gasteiger partial charge on any atom is 2.00 e. The molecule has 5 heterocycles. The van der Waals surface area contributed by atoms with E-state index in [1.807, 2.05) is 6.07 Å². The Labute approximate surface area is 376 Å². The molecule has 0 atom stereocenters. The van der Waals surface area contributed by atoms with Crippen LogP contribution >= 0.6 is 0 Å². The van der Waals surface area contributed by atoms with Gasteiger partial charge in [0.15, 0.2) is 0 Å². The number of benzene rings is 3. The Hall–Kier alpha value is -5.38. The summed E-state index contributed by atoms with van der Waals surface area (Å²) in [5.74, 6) is 0. The zero-order valence-electron chi connectivity index (χ0n) is 38.2. The first kappa shape index (κ1) is 43.7. The van der Waals surface area contributed by atoms with Crippen molar-refractivity contribution < 1.29 is 19.5 Å². The molecule has 5 heteroatoms. The van der Waals surface area contributed by atoms with E-state index in [1.165, 1.54) is 22.3 Å². The second-order valence-electron chi connectivity index (χ2n) is 20.6. The molecule has 4 nitrogen and oxygen atoms in total. The van der Waals surface area contributed by atoms with E-state index in [-0.39, 0.29) is 41.1 Å². The van der Waals surface area contributed by atoms with Crippen molar-refractivity contribution in [3.05, 3.63) is 153 Å². The van der Waals surface area contributed by atoms with Crippen LogP contribution in [0, 0.1) is 0 Å². The second-order valence-corrected chi connectivity index (χ2v) is 20.6. The molecule has 8 bridgehead atoms. The van der Waals surface area contributed by atoms with Gasteiger partial charge in [0.2, 0.25) is 0 Å². The molecule has 0 aliphatic carbocycles. The zero-order valence-corrected chi connectivity index (χ0v) is 41.2. The van der Waals surface area contributed by atoms with Crippen LogP contribution in [0.5, 0.6) is 0 Å².